The maximum atomic E-state index is 13.4. The fraction of sp³-hybridized carbons (Fsp3) is 0.538. The number of nitrogens with one attached hydrogen (secondary N) is 1. The molecule has 0 bridgehead atoms. The molecule has 0 aromatic heterocycles. The fourth-order valence-corrected chi connectivity index (χ4v) is 2.59. The highest BCUT2D eigenvalue weighted by molar-refractivity contribution is 9.10. The van der Waals surface area contributed by atoms with Gasteiger partial charge in [0, 0.05) is 12.8 Å². The summed E-state index contributed by atoms with van der Waals surface area (Å²) < 4.78 is 19.4. The maximum absolute atomic E-state index is 13.4. The predicted octanol–water partition coefficient (Wildman–Crippen LogP) is 3.96. The van der Waals surface area contributed by atoms with E-state index in [0.717, 1.165) is 18.5 Å². The minimum atomic E-state index is -0.236. The second kappa shape index (κ2) is 5.83. The molecule has 1 fully saturated rings. The summed E-state index contributed by atoms with van der Waals surface area (Å²) in [7, 11) is 1.74. The summed E-state index contributed by atoms with van der Waals surface area (Å²) in [5, 5.41) is 3.36. The Balaban J connectivity index is 2.05. The van der Waals surface area contributed by atoms with Gasteiger partial charge in [-0.25, -0.2) is 4.39 Å². The lowest BCUT2D eigenvalue weighted by Crippen LogP contribution is -2.37. The molecule has 17 heavy (non-hydrogen) atoms. The first kappa shape index (κ1) is 12.8. The van der Waals surface area contributed by atoms with Crippen molar-refractivity contribution >= 4 is 21.6 Å². The molecule has 94 valence electrons. The van der Waals surface area contributed by atoms with Gasteiger partial charge in [-0.2, -0.15) is 0 Å². The molecule has 0 spiro atoms. The average molecular weight is 302 g/mol. The van der Waals surface area contributed by atoms with E-state index in [1.807, 2.05) is 6.07 Å². The minimum Gasteiger partial charge on any atom is -0.380 e. The van der Waals surface area contributed by atoms with E-state index in [4.69, 9.17) is 4.74 Å². The average Bonchev–Trinajstić information content (AvgIpc) is 2.34. The second-order valence-corrected chi connectivity index (χ2v) is 5.29. The summed E-state index contributed by atoms with van der Waals surface area (Å²) in [6.07, 6.45) is 4.81. The Labute approximate surface area is 110 Å². The van der Waals surface area contributed by atoms with Crippen molar-refractivity contribution in [2.24, 2.45) is 0 Å². The Morgan fingerprint density at radius 2 is 2.12 bits per heavy atom. The Kier molecular flexibility index (Phi) is 4.40. The minimum absolute atomic E-state index is 0.232. The topological polar surface area (TPSA) is 21.3 Å². The molecule has 4 heteroatoms. The number of rotatable bonds is 3. The monoisotopic (exact) mass is 301 g/mol. The summed E-state index contributed by atoms with van der Waals surface area (Å²) >= 11 is 3.15. The van der Waals surface area contributed by atoms with Crippen molar-refractivity contribution in [1.29, 1.82) is 0 Å². The SMILES string of the molecule is COC1CCCCC1Nc1ccc(Br)c(F)c1. The van der Waals surface area contributed by atoms with Gasteiger partial charge in [-0.1, -0.05) is 12.8 Å². The van der Waals surface area contributed by atoms with E-state index in [1.54, 1.807) is 13.2 Å². The Bertz CT molecular complexity index is 386. The number of hydrogen-bond acceptors (Lipinski definition) is 2. The van der Waals surface area contributed by atoms with E-state index in [9.17, 15) is 4.39 Å². The lowest BCUT2D eigenvalue weighted by molar-refractivity contribution is 0.0606. The van der Waals surface area contributed by atoms with Crippen molar-refractivity contribution in [1.82, 2.24) is 0 Å². The smallest absolute Gasteiger partial charge is 0.139 e. The van der Waals surface area contributed by atoms with Gasteiger partial charge in [0.1, 0.15) is 5.82 Å². The van der Waals surface area contributed by atoms with E-state index in [2.05, 4.69) is 21.2 Å². The molecule has 0 aliphatic heterocycles. The third-order valence-corrected chi connectivity index (χ3v) is 3.92. The molecule has 2 unspecified atom stereocenters. The Morgan fingerprint density at radius 1 is 1.35 bits per heavy atom. The fourth-order valence-electron chi connectivity index (χ4n) is 2.34. The van der Waals surface area contributed by atoms with E-state index < -0.39 is 0 Å². The molecule has 1 aliphatic carbocycles. The summed E-state index contributed by atoms with van der Waals surface area (Å²) in [4.78, 5) is 0. The molecule has 0 amide bonds. The zero-order valence-corrected chi connectivity index (χ0v) is 11.5. The van der Waals surface area contributed by atoms with Crippen LogP contribution >= 0.6 is 15.9 Å². The number of halogens is 2. The highest BCUT2D eigenvalue weighted by Crippen LogP contribution is 2.26. The molecule has 1 N–H and O–H groups in total. The van der Waals surface area contributed by atoms with Gasteiger partial charge in [0.2, 0.25) is 0 Å². The molecule has 0 heterocycles. The molecule has 0 radical (unpaired) electrons. The van der Waals surface area contributed by atoms with Crippen LogP contribution in [0.15, 0.2) is 22.7 Å². The van der Waals surface area contributed by atoms with E-state index >= 15 is 0 Å². The van der Waals surface area contributed by atoms with Crippen LogP contribution in [0.5, 0.6) is 0 Å². The lowest BCUT2D eigenvalue weighted by Gasteiger charge is -2.31. The largest absolute Gasteiger partial charge is 0.380 e. The highest BCUT2D eigenvalue weighted by atomic mass is 79.9. The summed E-state index contributed by atoms with van der Waals surface area (Å²) in [6, 6.07) is 5.41. The molecule has 2 rings (SSSR count). The van der Waals surface area contributed by atoms with Crippen molar-refractivity contribution in [3.05, 3.63) is 28.5 Å². The van der Waals surface area contributed by atoms with Gasteiger partial charge in [0.25, 0.3) is 0 Å². The molecule has 1 aliphatic rings. The van der Waals surface area contributed by atoms with Crippen LogP contribution < -0.4 is 5.32 Å². The van der Waals surface area contributed by atoms with Crippen LogP contribution in [0.4, 0.5) is 10.1 Å². The summed E-state index contributed by atoms with van der Waals surface area (Å²) in [5.41, 5.74) is 0.819. The first-order valence-corrected chi connectivity index (χ1v) is 6.74. The highest BCUT2D eigenvalue weighted by Gasteiger charge is 2.24. The maximum Gasteiger partial charge on any atom is 0.139 e. The number of benzene rings is 1. The van der Waals surface area contributed by atoms with Crippen LogP contribution in [0, 0.1) is 5.82 Å². The Morgan fingerprint density at radius 3 is 2.82 bits per heavy atom. The number of methoxy groups -OCH3 is 1. The lowest BCUT2D eigenvalue weighted by atomic mass is 9.92. The standard InChI is InChI=1S/C13H17BrFNO/c1-17-13-5-3-2-4-12(13)16-9-6-7-10(14)11(15)8-9/h6-8,12-13,16H,2-5H2,1H3. The Hall–Kier alpha value is -0.610. The normalized spacial score (nSPS) is 24.6. The first-order chi connectivity index (χ1) is 8.20. The molecule has 0 saturated heterocycles. The zero-order valence-electron chi connectivity index (χ0n) is 9.88. The number of hydrogen-bond donors (Lipinski definition) is 1. The van der Waals surface area contributed by atoms with Crippen LogP contribution in [-0.4, -0.2) is 19.3 Å². The van der Waals surface area contributed by atoms with Gasteiger partial charge in [-0.3, -0.25) is 0 Å². The van der Waals surface area contributed by atoms with Crippen LogP contribution in [0.1, 0.15) is 25.7 Å². The summed E-state index contributed by atoms with van der Waals surface area (Å²) in [6.45, 7) is 0. The summed E-state index contributed by atoms with van der Waals surface area (Å²) in [5.74, 6) is -0.236. The zero-order chi connectivity index (χ0) is 12.3. The van der Waals surface area contributed by atoms with Crippen LogP contribution in [0.3, 0.4) is 0 Å². The van der Waals surface area contributed by atoms with E-state index in [1.165, 1.54) is 18.9 Å². The van der Waals surface area contributed by atoms with Crippen LogP contribution in [0.2, 0.25) is 0 Å². The molecular formula is C13H17BrFNO. The molecule has 2 nitrogen and oxygen atoms in total. The van der Waals surface area contributed by atoms with Gasteiger partial charge < -0.3 is 10.1 Å². The van der Waals surface area contributed by atoms with Gasteiger partial charge in [-0.15, -0.1) is 0 Å². The number of anilines is 1. The van der Waals surface area contributed by atoms with Crippen LogP contribution in [0.25, 0.3) is 0 Å². The molecule has 1 aromatic rings. The van der Waals surface area contributed by atoms with Gasteiger partial charge >= 0.3 is 0 Å². The quantitative estimate of drug-likeness (QED) is 0.912. The third-order valence-electron chi connectivity index (χ3n) is 3.28. The van der Waals surface area contributed by atoms with Crippen molar-refractivity contribution in [3.8, 4) is 0 Å². The van der Waals surface area contributed by atoms with E-state index in [-0.39, 0.29) is 18.0 Å². The van der Waals surface area contributed by atoms with Crippen molar-refractivity contribution in [3.63, 3.8) is 0 Å². The first-order valence-electron chi connectivity index (χ1n) is 5.95. The molecule has 1 aromatic carbocycles. The van der Waals surface area contributed by atoms with Gasteiger partial charge in [-0.05, 0) is 47.0 Å². The van der Waals surface area contributed by atoms with Crippen molar-refractivity contribution < 1.29 is 9.13 Å². The van der Waals surface area contributed by atoms with Crippen molar-refractivity contribution in [2.75, 3.05) is 12.4 Å². The molecular weight excluding hydrogens is 285 g/mol. The van der Waals surface area contributed by atoms with Crippen molar-refractivity contribution in [2.45, 2.75) is 37.8 Å². The van der Waals surface area contributed by atoms with Gasteiger partial charge in [0.05, 0.1) is 16.6 Å². The third kappa shape index (κ3) is 3.19. The molecule has 2 atom stereocenters. The second-order valence-electron chi connectivity index (χ2n) is 4.44. The van der Waals surface area contributed by atoms with Crippen LogP contribution in [-0.2, 0) is 4.74 Å². The van der Waals surface area contributed by atoms with Gasteiger partial charge in [0.15, 0.2) is 0 Å². The van der Waals surface area contributed by atoms with E-state index in [0.29, 0.717) is 4.47 Å². The molecule has 1 saturated carbocycles. The number of ether oxygens (including phenoxy) is 1. The predicted molar refractivity (Wildman–Crippen MR) is 70.8 cm³/mol.